The lowest BCUT2D eigenvalue weighted by Gasteiger charge is -2.15. The number of rotatable bonds is 9. The van der Waals surface area contributed by atoms with Crippen molar-refractivity contribution in [3.63, 3.8) is 0 Å². The highest BCUT2D eigenvalue weighted by Gasteiger charge is 2.21. The Balaban J connectivity index is 1.57. The molecule has 1 N–H and O–H groups in total. The van der Waals surface area contributed by atoms with E-state index in [1.807, 2.05) is 32.0 Å². The summed E-state index contributed by atoms with van der Waals surface area (Å²) < 4.78 is 11.6. The zero-order chi connectivity index (χ0) is 23.4. The normalized spacial score (nSPS) is 12.7. The van der Waals surface area contributed by atoms with Gasteiger partial charge in [-0.1, -0.05) is 38.3 Å². The van der Waals surface area contributed by atoms with Gasteiger partial charge in [-0.3, -0.25) is 4.79 Å². The number of nitrogens with one attached hydrogen (secondary N) is 1. The van der Waals surface area contributed by atoms with Gasteiger partial charge in [0, 0.05) is 22.7 Å². The second-order valence-corrected chi connectivity index (χ2v) is 9.12. The second-order valence-electron chi connectivity index (χ2n) is 9.12. The molecule has 4 rings (SSSR count). The van der Waals surface area contributed by atoms with Crippen LogP contribution in [-0.4, -0.2) is 12.5 Å². The molecule has 1 heterocycles. The van der Waals surface area contributed by atoms with E-state index in [0.717, 1.165) is 77.4 Å². The first kappa shape index (κ1) is 23.1. The Hall–Kier alpha value is -3.08. The number of anilines is 1. The van der Waals surface area contributed by atoms with Crippen molar-refractivity contribution in [3.05, 3.63) is 68.6 Å². The van der Waals surface area contributed by atoms with Gasteiger partial charge in [0.1, 0.15) is 11.3 Å². The van der Waals surface area contributed by atoms with Gasteiger partial charge >= 0.3 is 5.63 Å². The van der Waals surface area contributed by atoms with E-state index in [0.29, 0.717) is 11.3 Å². The Bertz CT molecular complexity index is 1220. The molecular formula is C28H33NO4. The molecule has 0 radical (unpaired) electrons. The Morgan fingerprint density at radius 3 is 2.70 bits per heavy atom. The number of hydrogen-bond donors (Lipinski definition) is 1. The van der Waals surface area contributed by atoms with Crippen LogP contribution in [0.2, 0.25) is 0 Å². The van der Waals surface area contributed by atoms with Crippen LogP contribution in [0.1, 0.15) is 66.8 Å². The van der Waals surface area contributed by atoms with Crippen molar-refractivity contribution < 1.29 is 13.9 Å². The van der Waals surface area contributed by atoms with Gasteiger partial charge in [0.15, 0.2) is 6.61 Å². The molecule has 0 spiro atoms. The Morgan fingerprint density at radius 2 is 1.88 bits per heavy atom. The monoisotopic (exact) mass is 447 g/mol. The van der Waals surface area contributed by atoms with Crippen molar-refractivity contribution in [1.29, 1.82) is 0 Å². The molecule has 0 bridgehead atoms. The third-order valence-corrected chi connectivity index (χ3v) is 6.48. The fourth-order valence-electron chi connectivity index (χ4n) is 4.63. The molecule has 1 aliphatic rings. The van der Waals surface area contributed by atoms with E-state index in [1.54, 1.807) is 6.07 Å². The number of hydrogen-bond acceptors (Lipinski definition) is 4. The summed E-state index contributed by atoms with van der Waals surface area (Å²) >= 11 is 0. The van der Waals surface area contributed by atoms with Crippen LogP contribution in [0.3, 0.4) is 0 Å². The fraction of sp³-hybridized carbons (Fsp3) is 0.429. The predicted molar refractivity (Wildman–Crippen MR) is 132 cm³/mol. The number of fused-ring (bicyclic) bond motifs is 3. The minimum atomic E-state index is -0.246. The Labute approximate surface area is 195 Å². The maximum atomic E-state index is 12.6. The summed E-state index contributed by atoms with van der Waals surface area (Å²) in [6, 6.07) is 9.88. The SMILES string of the molecule is CCCCCCc1cc2c3c(c(=O)oc2cc1OCC(=O)Nc1cc(C)ccc1C)CCC3. The third kappa shape index (κ3) is 5.29. The Kier molecular flexibility index (Phi) is 7.17. The zero-order valence-corrected chi connectivity index (χ0v) is 19.9. The van der Waals surface area contributed by atoms with Crippen molar-refractivity contribution in [2.24, 2.45) is 0 Å². The summed E-state index contributed by atoms with van der Waals surface area (Å²) in [7, 11) is 0. The minimum absolute atomic E-state index is 0.101. The molecule has 2 aromatic carbocycles. The van der Waals surface area contributed by atoms with Crippen molar-refractivity contribution in [1.82, 2.24) is 0 Å². The summed E-state index contributed by atoms with van der Waals surface area (Å²) in [4.78, 5) is 25.0. The van der Waals surface area contributed by atoms with Gasteiger partial charge in [0.2, 0.25) is 0 Å². The number of amides is 1. The van der Waals surface area contributed by atoms with Crippen LogP contribution in [0.15, 0.2) is 39.5 Å². The minimum Gasteiger partial charge on any atom is -0.483 e. The van der Waals surface area contributed by atoms with Crippen LogP contribution >= 0.6 is 0 Å². The van der Waals surface area contributed by atoms with Gasteiger partial charge in [-0.2, -0.15) is 0 Å². The molecular weight excluding hydrogens is 414 g/mol. The smallest absolute Gasteiger partial charge is 0.339 e. The standard InChI is InChI=1S/C28H33NO4/c1-4-5-6-7-9-20-15-23-21-10-8-11-22(21)28(31)33-26(23)16-25(20)32-17-27(30)29-24-14-18(2)12-13-19(24)3/h12-16H,4-11,17H2,1-3H3,(H,29,30). The van der Waals surface area contributed by atoms with Crippen molar-refractivity contribution in [2.75, 3.05) is 11.9 Å². The quantitative estimate of drug-likeness (QED) is 0.321. The second kappa shape index (κ2) is 10.2. The molecule has 5 heteroatoms. The van der Waals surface area contributed by atoms with Gasteiger partial charge in [0.05, 0.1) is 0 Å². The first-order valence-corrected chi connectivity index (χ1v) is 12.1. The summed E-state index contributed by atoms with van der Waals surface area (Å²) in [5, 5.41) is 3.96. The van der Waals surface area contributed by atoms with E-state index < -0.39 is 0 Å². The van der Waals surface area contributed by atoms with Gasteiger partial charge < -0.3 is 14.5 Å². The zero-order valence-electron chi connectivity index (χ0n) is 19.9. The van der Waals surface area contributed by atoms with Crippen LogP contribution in [0, 0.1) is 13.8 Å². The first-order valence-electron chi connectivity index (χ1n) is 12.1. The van der Waals surface area contributed by atoms with Crippen LogP contribution in [0.4, 0.5) is 5.69 Å². The van der Waals surface area contributed by atoms with E-state index in [-0.39, 0.29) is 18.1 Å². The molecule has 0 saturated carbocycles. The van der Waals surface area contributed by atoms with Crippen molar-refractivity contribution in [2.45, 2.75) is 72.1 Å². The summed E-state index contributed by atoms with van der Waals surface area (Å²) in [5.41, 5.74) is 6.20. The molecule has 1 amide bonds. The summed E-state index contributed by atoms with van der Waals surface area (Å²) in [6.07, 6.45) is 8.15. The van der Waals surface area contributed by atoms with E-state index in [2.05, 4.69) is 18.3 Å². The van der Waals surface area contributed by atoms with E-state index in [9.17, 15) is 9.59 Å². The molecule has 33 heavy (non-hydrogen) atoms. The maximum Gasteiger partial charge on any atom is 0.339 e. The predicted octanol–water partition coefficient (Wildman–Crippen LogP) is 6.04. The molecule has 1 aromatic heterocycles. The van der Waals surface area contributed by atoms with Crippen molar-refractivity contribution in [3.8, 4) is 5.75 Å². The summed E-state index contributed by atoms with van der Waals surface area (Å²) in [6.45, 7) is 6.06. The van der Waals surface area contributed by atoms with Crippen LogP contribution in [0.5, 0.6) is 5.75 Å². The fourth-order valence-corrected chi connectivity index (χ4v) is 4.63. The van der Waals surface area contributed by atoms with E-state index >= 15 is 0 Å². The number of aryl methyl sites for hydroxylation is 4. The third-order valence-electron chi connectivity index (χ3n) is 6.48. The largest absolute Gasteiger partial charge is 0.483 e. The van der Waals surface area contributed by atoms with E-state index in [4.69, 9.17) is 9.15 Å². The molecule has 1 aliphatic carbocycles. The highest BCUT2D eigenvalue weighted by Crippen LogP contribution is 2.33. The lowest BCUT2D eigenvalue weighted by atomic mass is 10.00. The summed E-state index contributed by atoms with van der Waals surface area (Å²) in [5.74, 6) is 0.410. The van der Waals surface area contributed by atoms with Crippen LogP contribution < -0.4 is 15.7 Å². The lowest BCUT2D eigenvalue weighted by molar-refractivity contribution is -0.118. The highest BCUT2D eigenvalue weighted by atomic mass is 16.5. The average Bonchev–Trinajstić information content (AvgIpc) is 3.29. The van der Waals surface area contributed by atoms with Gasteiger partial charge in [-0.25, -0.2) is 4.79 Å². The van der Waals surface area contributed by atoms with E-state index in [1.165, 1.54) is 12.8 Å². The number of carbonyl (C=O) groups excluding carboxylic acids is 1. The molecule has 0 unspecified atom stereocenters. The van der Waals surface area contributed by atoms with Crippen LogP contribution in [-0.2, 0) is 24.1 Å². The average molecular weight is 448 g/mol. The molecule has 0 fully saturated rings. The highest BCUT2D eigenvalue weighted by molar-refractivity contribution is 5.93. The van der Waals surface area contributed by atoms with Gasteiger partial charge in [-0.15, -0.1) is 0 Å². The van der Waals surface area contributed by atoms with Gasteiger partial charge in [-0.05, 0) is 80.3 Å². The van der Waals surface area contributed by atoms with Crippen LogP contribution in [0.25, 0.3) is 11.0 Å². The van der Waals surface area contributed by atoms with Gasteiger partial charge in [0.25, 0.3) is 5.91 Å². The number of carbonyl (C=O) groups is 1. The molecule has 0 atom stereocenters. The number of unbranched alkanes of at least 4 members (excludes halogenated alkanes) is 3. The molecule has 0 saturated heterocycles. The molecule has 3 aromatic rings. The number of ether oxygens (including phenoxy) is 1. The molecule has 174 valence electrons. The Morgan fingerprint density at radius 1 is 1.06 bits per heavy atom. The van der Waals surface area contributed by atoms with Crippen molar-refractivity contribution >= 4 is 22.6 Å². The maximum absolute atomic E-state index is 12.6. The first-order chi connectivity index (χ1) is 16.0. The number of benzene rings is 2. The lowest BCUT2D eigenvalue weighted by Crippen LogP contribution is -2.21. The molecule has 5 nitrogen and oxygen atoms in total. The topological polar surface area (TPSA) is 68.5 Å². The molecule has 0 aliphatic heterocycles.